The van der Waals surface area contributed by atoms with Gasteiger partial charge in [0.15, 0.2) is 0 Å². The highest BCUT2D eigenvalue weighted by molar-refractivity contribution is 5.90. The average Bonchev–Trinajstić information content (AvgIpc) is 2.46. The highest BCUT2D eigenvalue weighted by atomic mass is 16.1. The number of hydrogen-bond acceptors (Lipinski definition) is 2. The summed E-state index contributed by atoms with van der Waals surface area (Å²) in [5.74, 6) is 2.62. The summed E-state index contributed by atoms with van der Waals surface area (Å²) < 4.78 is 0. The normalized spacial score (nSPS) is 18.6. The summed E-state index contributed by atoms with van der Waals surface area (Å²) >= 11 is 0. The lowest BCUT2D eigenvalue weighted by atomic mass is 10.0. The molecule has 1 aliphatic rings. The van der Waals surface area contributed by atoms with Gasteiger partial charge < -0.3 is 10.6 Å². The van der Waals surface area contributed by atoms with Crippen LogP contribution in [0.15, 0.2) is 24.3 Å². The number of piperidine rings is 1. The molecule has 0 saturated carbocycles. The van der Waals surface area contributed by atoms with Crippen LogP contribution in [0.4, 0.5) is 5.69 Å². The van der Waals surface area contributed by atoms with Gasteiger partial charge in [-0.15, -0.1) is 6.42 Å². The molecule has 1 aliphatic heterocycles. The zero-order valence-corrected chi connectivity index (χ0v) is 11.1. The fraction of sp³-hybridized carbons (Fsp3) is 0.438. The lowest BCUT2D eigenvalue weighted by molar-refractivity contribution is -0.116. The van der Waals surface area contributed by atoms with Crippen molar-refractivity contribution in [1.82, 2.24) is 5.32 Å². The van der Waals surface area contributed by atoms with Gasteiger partial charge in [-0.2, -0.15) is 0 Å². The topological polar surface area (TPSA) is 41.1 Å². The highest BCUT2D eigenvalue weighted by Crippen LogP contribution is 2.14. The highest BCUT2D eigenvalue weighted by Gasteiger charge is 2.13. The quantitative estimate of drug-likeness (QED) is 0.813. The van der Waals surface area contributed by atoms with E-state index in [0.29, 0.717) is 12.5 Å². The molecule has 0 spiro atoms. The molecule has 0 aliphatic carbocycles. The van der Waals surface area contributed by atoms with Gasteiger partial charge in [-0.05, 0) is 44.0 Å². The number of carbonyl (C=O) groups is 1. The Hall–Kier alpha value is -1.79. The molecule has 100 valence electrons. The fourth-order valence-electron chi connectivity index (χ4n) is 2.39. The van der Waals surface area contributed by atoms with E-state index in [1.807, 2.05) is 24.3 Å². The smallest absolute Gasteiger partial charge is 0.224 e. The van der Waals surface area contributed by atoms with Crippen LogP contribution in [0.2, 0.25) is 0 Å². The minimum atomic E-state index is 0.0570. The molecule has 1 heterocycles. The molecule has 0 aromatic heterocycles. The molecule has 3 heteroatoms. The SMILES string of the molecule is C#Cc1cccc(NC(=O)CCC2CCCCN2)c1. The first-order chi connectivity index (χ1) is 9.28. The lowest BCUT2D eigenvalue weighted by Crippen LogP contribution is -2.34. The summed E-state index contributed by atoms with van der Waals surface area (Å²) in [5, 5.41) is 6.34. The average molecular weight is 256 g/mol. The molecular weight excluding hydrogens is 236 g/mol. The van der Waals surface area contributed by atoms with Crippen LogP contribution in [0.3, 0.4) is 0 Å². The molecule has 1 aromatic rings. The van der Waals surface area contributed by atoms with Crippen molar-refractivity contribution in [2.45, 2.75) is 38.1 Å². The van der Waals surface area contributed by atoms with Crippen molar-refractivity contribution in [2.24, 2.45) is 0 Å². The largest absolute Gasteiger partial charge is 0.326 e. The first kappa shape index (κ1) is 13.6. The van der Waals surface area contributed by atoms with Gasteiger partial charge in [-0.3, -0.25) is 4.79 Å². The van der Waals surface area contributed by atoms with Crippen LogP contribution in [0.25, 0.3) is 0 Å². The van der Waals surface area contributed by atoms with Crippen LogP contribution in [0.1, 0.15) is 37.7 Å². The third-order valence-electron chi connectivity index (χ3n) is 3.45. The van der Waals surface area contributed by atoms with Crippen LogP contribution >= 0.6 is 0 Å². The molecule has 1 aromatic carbocycles. The van der Waals surface area contributed by atoms with Crippen molar-refractivity contribution in [2.75, 3.05) is 11.9 Å². The van der Waals surface area contributed by atoms with Crippen molar-refractivity contribution in [3.63, 3.8) is 0 Å². The van der Waals surface area contributed by atoms with Gasteiger partial charge in [0.25, 0.3) is 0 Å². The number of terminal acetylenes is 1. The second-order valence-corrected chi connectivity index (χ2v) is 4.96. The van der Waals surface area contributed by atoms with Crippen molar-refractivity contribution in [1.29, 1.82) is 0 Å². The lowest BCUT2D eigenvalue weighted by Gasteiger charge is -2.23. The number of amides is 1. The van der Waals surface area contributed by atoms with E-state index in [0.717, 1.165) is 24.2 Å². The molecule has 19 heavy (non-hydrogen) atoms. The van der Waals surface area contributed by atoms with Crippen LogP contribution in [0, 0.1) is 12.3 Å². The molecule has 1 unspecified atom stereocenters. The van der Waals surface area contributed by atoms with E-state index in [4.69, 9.17) is 6.42 Å². The second kappa shape index (κ2) is 6.96. The van der Waals surface area contributed by atoms with E-state index in [-0.39, 0.29) is 5.91 Å². The van der Waals surface area contributed by atoms with Gasteiger partial charge in [0.2, 0.25) is 5.91 Å². The summed E-state index contributed by atoms with van der Waals surface area (Å²) in [4.78, 5) is 11.9. The molecule has 1 amide bonds. The Morgan fingerprint density at radius 2 is 2.37 bits per heavy atom. The van der Waals surface area contributed by atoms with Crippen molar-refractivity contribution < 1.29 is 4.79 Å². The molecular formula is C16H20N2O. The minimum Gasteiger partial charge on any atom is -0.326 e. The Labute approximate surface area is 114 Å². The van der Waals surface area contributed by atoms with Crippen LogP contribution in [-0.4, -0.2) is 18.5 Å². The van der Waals surface area contributed by atoms with Crippen molar-refractivity contribution in [3.05, 3.63) is 29.8 Å². The second-order valence-electron chi connectivity index (χ2n) is 4.96. The Morgan fingerprint density at radius 3 is 3.11 bits per heavy atom. The number of benzene rings is 1. The van der Waals surface area contributed by atoms with Gasteiger partial charge >= 0.3 is 0 Å². The number of rotatable bonds is 4. The molecule has 2 N–H and O–H groups in total. The maximum atomic E-state index is 11.9. The molecule has 2 rings (SSSR count). The molecule has 1 saturated heterocycles. The minimum absolute atomic E-state index is 0.0570. The Morgan fingerprint density at radius 1 is 1.47 bits per heavy atom. The van der Waals surface area contributed by atoms with Gasteiger partial charge in [0, 0.05) is 23.7 Å². The van der Waals surface area contributed by atoms with Crippen LogP contribution in [-0.2, 0) is 4.79 Å². The maximum Gasteiger partial charge on any atom is 0.224 e. The number of hydrogen-bond donors (Lipinski definition) is 2. The first-order valence-electron chi connectivity index (χ1n) is 6.88. The van der Waals surface area contributed by atoms with E-state index >= 15 is 0 Å². The zero-order valence-electron chi connectivity index (χ0n) is 11.1. The zero-order chi connectivity index (χ0) is 13.5. The Balaban J connectivity index is 1.78. The van der Waals surface area contributed by atoms with Crippen molar-refractivity contribution in [3.8, 4) is 12.3 Å². The van der Waals surface area contributed by atoms with Crippen LogP contribution in [0.5, 0.6) is 0 Å². The van der Waals surface area contributed by atoms with Gasteiger partial charge in [-0.1, -0.05) is 18.4 Å². The summed E-state index contributed by atoms with van der Waals surface area (Å²) in [7, 11) is 0. The van der Waals surface area contributed by atoms with Gasteiger partial charge in [0.1, 0.15) is 0 Å². The molecule has 1 atom stereocenters. The van der Waals surface area contributed by atoms with E-state index in [9.17, 15) is 4.79 Å². The summed E-state index contributed by atoms with van der Waals surface area (Å²) in [6.45, 7) is 1.08. The number of nitrogens with one attached hydrogen (secondary N) is 2. The third kappa shape index (κ3) is 4.42. The van der Waals surface area contributed by atoms with Gasteiger partial charge in [-0.25, -0.2) is 0 Å². The number of anilines is 1. The molecule has 3 nitrogen and oxygen atoms in total. The predicted molar refractivity (Wildman–Crippen MR) is 77.9 cm³/mol. The number of carbonyl (C=O) groups excluding carboxylic acids is 1. The predicted octanol–water partition coefficient (Wildman–Crippen LogP) is 2.53. The summed E-state index contributed by atoms with van der Waals surface area (Å²) in [6, 6.07) is 7.88. The van der Waals surface area contributed by atoms with E-state index in [1.54, 1.807) is 0 Å². The Bertz CT molecular complexity index is 470. The van der Waals surface area contributed by atoms with Crippen molar-refractivity contribution >= 4 is 11.6 Å². The summed E-state index contributed by atoms with van der Waals surface area (Å²) in [6.07, 6.45) is 10.5. The fourth-order valence-corrected chi connectivity index (χ4v) is 2.39. The van der Waals surface area contributed by atoms with Crippen LogP contribution < -0.4 is 10.6 Å². The summed E-state index contributed by atoms with van der Waals surface area (Å²) in [5.41, 5.74) is 1.56. The maximum absolute atomic E-state index is 11.9. The third-order valence-corrected chi connectivity index (χ3v) is 3.45. The monoisotopic (exact) mass is 256 g/mol. The van der Waals surface area contributed by atoms with E-state index in [1.165, 1.54) is 19.3 Å². The van der Waals surface area contributed by atoms with E-state index < -0.39 is 0 Å². The van der Waals surface area contributed by atoms with Gasteiger partial charge in [0.05, 0.1) is 0 Å². The standard InChI is InChI=1S/C16H20N2O/c1-2-13-6-5-8-15(12-13)18-16(19)10-9-14-7-3-4-11-17-14/h1,5-6,8,12,14,17H,3-4,7,9-11H2,(H,18,19). The van der Waals surface area contributed by atoms with E-state index in [2.05, 4.69) is 16.6 Å². The first-order valence-corrected chi connectivity index (χ1v) is 6.88. The molecule has 1 fully saturated rings. The Kier molecular flexibility index (Phi) is 5.00. The molecule has 0 bridgehead atoms. The molecule has 0 radical (unpaired) electrons.